The number of oxime groups is 1. The van der Waals surface area contributed by atoms with Crippen LogP contribution in [0.2, 0.25) is 0 Å². The third-order valence-electron chi connectivity index (χ3n) is 1.35. The van der Waals surface area contributed by atoms with Crippen molar-refractivity contribution >= 4 is 28.8 Å². The molecule has 11 heavy (non-hydrogen) atoms. The largest absolute Gasteiger partial charge is 0.411 e. The summed E-state index contributed by atoms with van der Waals surface area (Å²) in [5, 5.41) is 11.1. The van der Waals surface area contributed by atoms with Crippen LogP contribution < -0.4 is 0 Å². The van der Waals surface area contributed by atoms with Gasteiger partial charge in [0, 0.05) is 16.2 Å². The van der Waals surface area contributed by atoms with Gasteiger partial charge in [0.1, 0.15) is 0 Å². The number of rotatable bonds is 2. The fraction of sp³-hybridized carbons (Fsp3) is 0.125. The third kappa shape index (κ3) is 2.49. The number of nitrogens with zero attached hydrogens (tertiary/aromatic N) is 1. The summed E-state index contributed by atoms with van der Waals surface area (Å²) >= 11 is 2.26. The highest BCUT2D eigenvalue weighted by Crippen LogP contribution is 2.10. The first-order valence-corrected chi connectivity index (χ1v) is 4.32. The molecule has 0 heterocycles. The van der Waals surface area contributed by atoms with Crippen LogP contribution in [0.4, 0.5) is 0 Å². The van der Waals surface area contributed by atoms with E-state index < -0.39 is 0 Å². The molecule has 1 aromatic carbocycles. The zero-order valence-corrected chi connectivity index (χ0v) is 8.02. The Kier molecular flexibility index (Phi) is 3.35. The molecule has 3 heteroatoms. The van der Waals surface area contributed by atoms with E-state index in [0.29, 0.717) is 6.42 Å². The van der Waals surface area contributed by atoms with Crippen molar-refractivity contribution in [3.05, 3.63) is 33.4 Å². The molecule has 2 nitrogen and oxygen atoms in total. The van der Waals surface area contributed by atoms with Crippen molar-refractivity contribution < 1.29 is 5.21 Å². The lowest BCUT2D eigenvalue weighted by molar-refractivity contribution is 0.321. The van der Waals surface area contributed by atoms with Crippen LogP contribution in [0.25, 0.3) is 0 Å². The average Bonchev–Trinajstić information content (AvgIpc) is 2.03. The quantitative estimate of drug-likeness (QED) is 0.376. The van der Waals surface area contributed by atoms with Gasteiger partial charge in [-0.25, -0.2) is 0 Å². The van der Waals surface area contributed by atoms with Crippen molar-refractivity contribution in [2.24, 2.45) is 5.16 Å². The van der Waals surface area contributed by atoms with Crippen LogP contribution in [0.15, 0.2) is 29.4 Å². The van der Waals surface area contributed by atoms with E-state index >= 15 is 0 Å². The molecule has 0 spiro atoms. The van der Waals surface area contributed by atoms with E-state index in [-0.39, 0.29) is 0 Å². The lowest BCUT2D eigenvalue weighted by Crippen LogP contribution is -1.88. The SMILES string of the molecule is ON=CCc1ccccc1I. The molecule has 0 aliphatic heterocycles. The van der Waals surface area contributed by atoms with E-state index in [2.05, 4.69) is 27.7 Å². The number of halogens is 1. The molecule has 1 aromatic rings. The van der Waals surface area contributed by atoms with Crippen molar-refractivity contribution in [2.75, 3.05) is 0 Å². The summed E-state index contributed by atoms with van der Waals surface area (Å²) in [6.45, 7) is 0. The summed E-state index contributed by atoms with van der Waals surface area (Å²) in [5.74, 6) is 0. The van der Waals surface area contributed by atoms with Gasteiger partial charge in [0.15, 0.2) is 0 Å². The first-order chi connectivity index (χ1) is 5.34. The van der Waals surface area contributed by atoms with Gasteiger partial charge in [-0.05, 0) is 34.2 Å². The average molecular weight is 261 g/mol. The highest BCUT2D eigenvalue weighted by atomic mass is 127. The summed E-state index contributed by atoms with van der Waals surface area (Å²) < 4.78 is 1.20. The molecule has 0 amide bonds. The predicted molar refractivity (Wildman–Crippen MR) is 53.1 cm³/mol. The topological polar surface area (TPSA) is 32.6 Å². The lowest BCUT2D eigenvalue weighted by atomic mass is 10.2. The van der Waals surface area contributed by atoms with Crippen LogP contribution in [-0.4, -0.2) is 11.4 Å². The van der Waals surface area contributed by atoms with Crippen molar-refractivity contribution in [3.8, 4) is 0 Å². The second-order valence-corrected chi connectivity index (χ2v) is 3.26. The van der Waals surface area contributed by atoms with Crippen molar-refractivity contribution in [3.63, 3.8) is 0 Å². The molecule has 0 fully saturated rings. The van der Waals surface area contributed by atoms with Gasteiger partial charge in [0.05, 0.1) is 0 Å². The Hall–Kier alpha value is -0.580. The van der Waals surface area contributed by atoms with Crippen LogP contribution >= 0.6 is 22.6 Å². The molecule has 0 aromatic heterocycles. The van der Waals surface area contributed by atoms with E-state index in [1.165, 1.54) is 15.3 Å². The van der Waals surface area contributed by atoms with E-state index in [0.717, 1.165) is 0 Å². The van der Waals surface area contributed by atoms with Crippen molar-refractivity contribution in [1.29, 1.82) is 0 Å². The Morgan fingerprint density at radius 1 is 1.45 bits per heavy atom. The number of benzene rings is 1. The fourth-order valence-corrected chi connectivity index (χ4v) is 1.41. The summed E-state index contributed by atoms with van der Waals surface area (Å²) in [5.41, 5.74) is 1.19. The summed E-state index contributed by atoms with van der Waals surface area (Å²) in [6.07, 6.45) is 2.17. The monoisotopic (exact) mass is 261 g/mol. The zero-order chi connectivity index (χ0) is 8.10. The van der Waals surface area contributed by atoms with Crippen LogP contribution in [0, 0.1) is 3.57 Å². The third-order valence-corrected chi connectivity index (χ3v) is 2.40. The molecular formula is C8H8INO. The van der Waals surface area contributed by atoms with Gasteiger partial charge in [0.25, 0.3) is 0 Å². The molecule has 0 atom stereocenters. The molecule has 1 rings (SSSR count). The maximum absolute atomic E-state index is 8.19. The van der Waals surface area contributed by atoms with Gasteiger partial charge in [0.2, 0.25) is 0 Å². The zero-order valence-electron chi connectivity index (χ0n) is 5.87. The van der Waals surface area contributed by atoms with E-state index in [4.69, 9.17) is 5.21 Å². The first kappa shape index (κ1) is 8.52. The Bertz CT molecular complexity index is 260. The molecule has 0 saturated heterocycles. The normalized spacial score (nSPS) is 10.6. The summed E-state index contributed by atoms with van der Waals surface area (Å²) in [7, 11) is 0. The van der Waals surface area contributed by atoms with Crippen molar-refractivity contribution in [2.45, 2.75) is 6.42 Å². The fourth-order valence-electron chi connectivity index (χ4n) is 0.803. The summed E-state index contributed by atoms with van der Waals surface area (Å²) in [6, 6.07) is 8.01. The maximum atomic E-state index is 8.19. The molecule has 0 unspecified atom stereocenters. The Balaban J connectivity index is 2.77. The number of hydrogen-bond donors (Lipinski definition) is 1. The second-order valence-electron chi connectivity index (χ2n) is 2.09. The van der Waals surface area contributed by atoms with Gasteiger partial charge >= 0.3 is 0 Å². The van der Waals surface area contributed by atoms with E-state index in [1.54, 1.807) is 0 Å². The molecule has 0 saturated carbocycles. The summed E-state index contributed by atoms with van der Waals surface area (Å²) in [4.78, 5) is 0. The minimum Gasteiger partial charge on any atom is -0.411 e. The molecule has 1 N–H and O–H groups in total. The van der Waals surface area contributed by atoms with Crippen LogP contribution in [0.1, 0.15) is 5.56 Å². The standard InChI is InChI=1S/C8H8INO/c9-8-4-2-1-3-7(8)5-6-10-11/h1-4,6,11H,5H2. The smallest absolute Gasteiger partial charge is 0.0480 e. The minimum absolute atomic E-state index is 0.690. The van der Waals surface area contributed by atoms with Crippen LogP contribution in [0.3, 0.4) is 0 Å². The van der Waals surface area contributed by atoms with Gasteiger partial charge in [-0.2, -0.15) is 0 Å². The maximum Gasteiger partial charge on any atom is 0.0480 e. The Labute approximate surface area is 79.1 Å². The van der Waals surface area contributed by atoms with E-state index in [9.17, 15) is 0 Å². The molecule has 0 bridgehead atoms. The van der Waals surface area contributed by atoms with Crippen LogP contribution in [-0.2, 0) is 6.42 Å². The molecule has 0 aliphatic carbocycles. The molecule has 58 valence electrons. The first-order valence-electron chi connectivity index (χ1n) is 3.24. The van der Waals surface area contributed by atoms with Crippen LogP contribution in [0.5, 0.6) is 0 Å². The molecule has 0 aliphatic rings. The van der Waals surface area contributed by atoms with Gasteiger partial charge < -0.3 is 5.21 Å². The minimum atomic E-state index is 0.690. The van der Waals surface area contributed by atoms with Gasteiger partial charge in [-0.1, -0.05) is 18.2 Å². The van der Waals surface area contributed by atoms with Gasteiger partial charge in [-0.15, -0.1) is 5.16 Å². The highest BCUT2D eigenvalue weighted by Gasteiger charge is 1.94. The van der Waals surface area contributed by atoms with E-state index in [1.807, 2.05) is 24.3 Å². The van der Waals surface area contributed by atoms with Gasteiger partial charge in [-0.3, -0.25) is 0 Å². The highest BCUT2D eigenvalue weighted by molar-refractivity contribution is 14.1. The Morgan fingerprint density at radius 2 is 2.18 bits per heavy atom. The molecular weight excluding hydrogens is 253 g/mol. The van der Waals surface area contributed by atoms with Crippen molar-refractivity contribution in [1.82, 2.24) is 0 Å². The molecule has 0 radical (unpaired) electrons. The second kappa shape index (κ2) is 4.33. The number of hydrogen-bond acceptors (Lipinski definition) is 2. The lowest BCUT2D eigenvalue weighted by Gasteiger charge is -1.97. The Morgan fingerprint density at radius 3 is 2.82 bits per heavy atom. The predicted octanol–water partition coefficient (Wildman–Crippen LogP) is 2.29.